The Balaban J connectivity index is 2.48. The molecule has 4 heteroatoms. The predicted octanol–water partition coefficient (Wildman–Crippen LogP) is 1.60. The van der Waals surface area contributed by atoms with Gasteiger partial charge in [0.05, 0.1) is 5.69 Å². The minimum Gasteiger partial charge on any atom is -0.358 e. The van der Waals surface area contributed by atoms with Gasteiger partial charge in [0, 0.05) is 20.1 Å². The van der Waals surface area contributed by atoms with Crippen LogP contribution < -0.4 is 10.2 Å². The van der Waals surface area contributed by atoms with Gasteiger partial charge in [-0.05, 0) is 32.0 Å². The number of aromatic nitrogens is 2. The summed E-state index contributed by atoms with van der Waals surface area (Å²) in [5.41, 5.74) is 0.964. The highest BCUT2D eigenvalue weighted by molar-refractivity contribution is 5.35. The standard InChI is InChI=1S/C12H20N4/c1-4-5-6-9-16(3)12-8-7-11(10-13-2)14-15-12/h4,7-8,13H,1,5-6,9-10H2,2-3H3. The third kappa shape index (κ3) is 3.98. The highest BCUT2D eigenvalue weighted by Gasteiger charge is 2.02. The Hall–Kier alpha value is -1.42. The van der Waals surface area contributed by atoms with Crippen LogP contribution in [-0.2, 0) is 6.54 Å². The molecule has 1 aromatic rings. The van der Waals surface area contributed by atoms with E-state index in [0.29, 0.717) is 0 Å². The predicted molar refractivity (Wildman–Crippen MR) is 67.5 cm³/mol. The summed E-state index contributed by atoms with van der Waals surface area (Å²) in [5, 5.41) is 11.4. The zero-order valence-corrected chi connectivity index (χ0v) is 10.1. The number of allylic oxidation sites excluding steroid dienone is 1. The lowest BCUT2D eigenvalue weighted by molar-refractivity contribution is 0.748. The lowest BCUT2D eigenvalue weighted by atomic mass is 10.3. The van der Waals surface area contributed by atoms with E-state index >= 15 is 0 Å². The van der Waals surface area contributed by atoms with Crippen LogP contribution in [-0.4, -0.2) is 30.8 Å². The van der Waals surface area contributed by atoms with E-state index in [2.05, 4.69) is 27.0 Å². The van der Waals surface area contributed by atoms with Gasteiger partial charge in [0.2, 0.25) is 0 Å². The van der Waals surface area contributed by atoms with Gasteiger partial charge in [-0.15, -0.1) is 11.7 Å². The molecule has 0 aliphatic heterocycles. The number of hydrogen-bond acceptors (Lipinski definition) is 4. The van der Waals surface area contributed by atoms with Crippen LogP contribution in [0, 0.1) is 0 Å². The quantitative estimate of drug-likeness (QED) is 0.560. The molecule has 0 atom stereocenters. The maximum atomic E-state index is 4.19. The third-order valence-electron chi connectivity index (χ3n) is 2.36. The Kier molecular flexibility index (Phi) is 5.50. The van der Waals surface area contributed by atoms with Gasteiger partial charge in [-0.2, -0.15) is 5.10 Å². The molecule has 0 radical (unpaired) electrons. The number of rotatable bonds is 7. The molecule has 0 bridgehead atoms. The van der Waals surface area contributed by atoms with E-state index in [-0.39, 0.29) is 0 Å². The first-order valence-corrected chi connectivity index (χ1v) is 5.57. The van der Waals surface area contributed by atoms with Gasteiger partial charge in [0.25, 0.3) is 0 Å². The molecule has 16 heavy (non-hydrogen) atoms. The van der Waals surface area contributed by atoms with Gasteiger partial charge >= 0.3 is 0 Å². The topological polar surface area (TPSA) is 41.0 Å². The van der Waals surface area contributed by atoms with Gasteiger partial charge < -0.3 is 10.2 Å². The van der Waals surface area contributed by atoms with E-state index in [4.69, 9.17) is 0 Å². The molecule has 0 fully saturated rings. The SMILES string of the molecule is C=CCCCN(C)c1ccc(CNC)nn1. The minimum atomic E-state index is 0.757. The fourth-order valence-electron chi connectivity index (χ4n) is 1.42. The molecular weight excluding hydrogens is 200 g/mol. The van der Waals surface area contributed by atoms with Crippen molar-refractivity contribution in [3.63, 3.8) is 0 Å². The Morgan fingerprint density at radius 1 is 1.44 bits per heavy atom. The molecule has 0 saturated heterocycles. The number of nitrogens with zero attached hydrogens (tertiary/aromatic N) is 3. The molecule has 0 spiro atoms. The zero-order valence-electron chi connectivity index (χ0n) is 10.1. The number of nitrogens with one attached hydrogen (secondary N) is 1. The molecule has 4 nitrogen and oxygen atoms in total. The summed E-state index contributed by atoms with van der Waals surface area (Å²) in [6, 6.07) is 4.01. The molecule has 0 aliphatic carbocycles. The number of unbranched alkanes of at least 4 members (excludes halogenated alkanes) is 1. The van der Waals surface area contributed by atoms with Crippen molar-refractivity contribution in [2.75, 3.05) is 25.5 Å². The molecule has 0 unspecified atom stereocenters. The maximum Gasteiger partial charge on any atom is 0.150 e. The molecule has 1 heterocycles. The van der Waals surface area contributed by atoms with Crippen LogP contribution in [0.3, 0.4) is 0 Å². The van der Waals surface area contributed by atoms with Crippen LogP contribution in [0.25, 0.3) is 0 Å². The van der Waals surface area contributed by atoms with E-state index in [9.17, 15) is 0 Å². The molecule has 1 N–H and O–H groups in total. The van der Waals surface area contributed by atoms with Crippen molar-refractivity contribution in [1.82, 2.24) is 15.5 Å². The van der Waals surface area contributed by atoms with Crippen molar-refractivity contribution < 1.29 is 0 Å². The molecule has 0 saturated carbocycles. The highest BCUT2D eigenvalue weighted by atomic mass is 15.2. The van der Waals surface area contributed by atoms with Gasteiger partial charge in [-0.3, -0.25) is 0 Å². The average Bonchev–Trinajstić information content (AvgIpc) is 2.30. The Bertz CT molecular complexity index is 307. The zero-order chi connectivity index (χ0) is 11.8. The van der Waals surface area contributed by atoms with Crippen LogP contribution >= 0.6 is 0 Å². The van der Waals surface area contributed by atoms with Gasteiger partial charge in [0.1, 0.15) is 0 Å². The smallest absolute Gasteiger partial charge is 0.150 e. The molecule has 0 amide bonds. The monoisotopic (exact) mass is 220 g/mol. The van der Waals surface area contributed by atoms with Gasteiger partial charge in [0.15, 0.2) is 5.82 Å². The summed E-state index contributed by atoms with van der Waals surface area (Å²) < 4.78 is 0. The summed E-state index contributed by atoms with van der Waals surface area (Å²) in [7, 11) is 3.93. The van der Waals surface area contributed by atoms with E-state index in [1.807, 2.05) is 32.3 Å². The van der Waals surface area contributed by atoms with Crippen LogP contribution in [0.5, 0.6) is 0 Å². The van der Waals surface area contributed by atoms with E-state index in [0.717, 1.165) is 37.4 Å². The van der Waals surface area contributed by atoms with Crippen molar-refractivity contribution in [2.24, 2.45) is 0 Å². The Morgan fingerprint density at radius 2 is 2.25 bits per heavy atom. The first kappa shape index (κ1) is 12.6. The van der Waals surface area contributed by atoms with E-state index < -0.39 is 0 Å². The molecule has 0 aliphatic rings. The maximum absolute atomic E-state index is 4.19. The second-order valence-electron chi connectivity index (χ2n) is 3.77. The lowest BCUT2D eigenvalue weighted by Crippen LogP contribution is -2.20. The average molecular weight is 220 g/mol. The highest BCUT2D eigenvalue weighted by Crippen LogP contribution is 2.08. The molecular formula is C12H20N4. The fourth-order valence-corrected chi connectivity index (χ4v) is 1.42. The lowest BCUT2D eigenvalue weighted by Gasteiger charge is -2.16. The first-order valence-electron chi connectivity index (χ1n) is 5.57. The Morgan fingerprint density at radius 3 is 2.81 bits per heavy atom. The molecule has 1 rings (SSSR count). The second kappa shape index (κ2) is 6.95. The summed E-state index contributed by atoms with van der Waals surface area (Å²) >= 11 is 0. The summed E-state index contributed by atoms with van der Waals surface area (Å²) in [4.78, 5) is 2.11. The third-order valence-corrected chi connectivity index (χ3v) is 2.36. The van der Waals surface area contributed by atoms with Gasteiger partial charge in [-0.25, -0.2) is 0 Å². The Labute approximate surface area is 97.4 Å². The van der Waals surface area contributed by atoms with E-state index in [1.54, 1.807) is 0 Å². The largest absolute Gasteiger partial charge is 0.358 e. The molecule has 0 aromatic carbocycles. The summed E-state index contributed by atoms with van der Waals surface area (Å²) in [6.07, 6.45) is 4.07. The first-order chi connectivity index (χ1) is 7.77. The normalized spacial score (nSPS) is 10.1. The van der Waals surface area contributed by atoms with Crippen LogP contribution in [0.1, 0.15) is 18.5 Å². The molecule has 1 aromatic heterocycles. The summed E-state index contributed by atoms with van der Waals surface area (Å²) in [5.74, 6) is 0.920. The fraction of sp³-hybridized carbons (Fsp3) is 0.500. The van der Waals surface area contributed by atoms with Crippen LogP contribution in [0.15, 0.2) is 24.8 Å². The van der Waals surface area contributed by atoms with Crippen molar-refractivity contribution in [3.8, 4) is 0 Å². The number of anilines is 1. The molecule has 88 valence electrons. The van der Waals surface area contributed by atoms with Crippen molar-refractivity contribution >= 4 is 5.82 Å². The second-order valence-corrected chi connectivity index (χ2v) is 3.77. The summed E-state index contributed by atoms with van der Waals surface area (Å²) in [6.45, 7) is 5.44. The van der Waals surface area contributed by atoms with Crippen molar-refractivity contribution in [1.29, 1.82) is 0 Å². The van der Waals surface area contributed by atoms with Crippen LogP contribution in [0.2, 0.25) is 0 Å². The minimum absolute atomic E-state index is 0.757. The number of hydrogen-bond donors (Lipinski definition) is 1. The van der Waals surface area contributed by atoms with Crippen LogP contribution in [0.4, 0.5) is 5.82 Å². The van der Waals surface area contributed by atoms with Crippen molar-refractivity contribution in [2.45, 2.75) is 19.4 Å². The van der Waals surface area contributed by atoms with Crippen molar-refractivity contribution in [3.05, 3.63) is 30.5 Å². The van der Waals surface area contributed by atoms with Gasteiger partial charge in [-0.1, -0.05) is 6.08 Å². The van der Waals surface area contributed by atoms with E-state index in [1.165, 1.54) is 0 Å².